The lowest BCUT2D eigenvalue weighted by atomic mass is 9.77. The van der Waals surface area contributed by atoms with Crippen LogP contribution in [-0.4, -0.2) is 35.9 Å². The molecule has 0 radical (unpaired) electrons. The van der Waals surface area contributed by atoms with Crippen molar-refractivity contribution < 1.29 is 17.3 Å². The SMILES string of the molecule is CC[C@]1(C(C)C)O[C@@H](n2cc(C)c(=O)[nH]c2=O)[C@@H](OS(C)(=O)=O)[C@@H]1C. The van der Waals surface area contributed by atoms with E-state index in [1.165, 1.54) is 10.8 Å². The van der Waals surface area contributed by atoms with Gasteiger partial charge in [0.2, 0.25) is 0 Å². The third kappa shape index (κ3) is 3.58. The number of H-pyrrole nitrogens is 1. The lowest BCUT2D eigenvalue weighted by molar-refractivity contribution is -0.118. The van der Waals surface area contributed by atoms with E-state index >= 15 is 0 Å². The maximum atomic E-state index is 12.3. The van der Waals surface area contributed by atoms with E-state index in [1.807, 2.05) is 27.7 Å². The van der Waals surface area contributed by atoms with Crippen LogP contribution in [0.3, 0.4) is 0 Å². The van der Waals surface area contributed by atoms with Gasteiger partial charge in [0.1, 0.15) is 6.10 Å². The van der Waals surface area contributed by atoms with Gasteiger partial charge in [-0.25, -0.2) is 4.79 Å². The van der Waals surface area contributed by atoms with Gasteiger partial charge in [-0.1, -0.05) is 27.7 Å². The lowest BCUT2D eigenvalue weighted by Crippen LogP contribution is -2.41. The van der Waals surface area contributed by atoms with Crippen molar-refractivity contribution in [1.82, 2.24) is 9.55 Å². The molecule has 1 N–H and O–H groups in total. The highest BCUT2D eigenvalue weighted by Gasteiger charge is 2.55. The summed E-state index contributed by atoms with van der Waals surface area (Å²) in [7, 11) is -3.76. The number of nitrogens with one attached hydrogen (secondary N) is 1. The summed E-state index contributed by atoms with van der Waals surface area (Å²) < 4.78 is 36.3. The maximum absolute atomic E-state index is 12.3. The molecule has 4 atom stereocenters. The van der Waals surface area contributed by atoms with Crippen LogP contribution in [0.4, 0.5) is 0 Å². The summed E-state index contributed by atoms with van der Waals surface area (Å²) in [6, 6.07) is 0. The van der Waals surface area contributed by atoms with Crippen LogP contribution in [0.2, 0.25) is 0 Å². The number of hydrogen-bond acceptors (Lipinski definition) is 6. The third-order valence-electron chi connectivity index (χ3n) is 5.12. The molecule has 0 aromatic carbocycles. The van der Waals surface area contributed by atoms with E-state index in [1.54, 1.807) is 6.92 Å². The maximum Gasteiger partial charge on any atom is 0.330 e. The van der Waals surface area contributed by atoms with Crippen molar-refractivity contribution >= 4 is 10.1 Å². The molecule has 142 valence electrons. The Morgan fingerprint density at radius 2 is 2.00 bits per heavy atom. The molecular formula is C16H26N2O6S. The van der Waals surface area contributed by atoms with Crippen LogP contribution in [0.25, 0.3) is 0 Å². The zero-order valence-corrected chi connectivity index (χ0v) is 16.2. The largest absolute Gasteiger partial charge is 0.348 e. The summed E-state index contributed by atoms with van der Waals surface area (Å²) in [5, 5.41) is 0. The smallest absolute Gasteiger partial charge is 0.330 e. The molecule has 1 aliphatic heterocycles. The van der Waals surface area contributed by atoms with Crippen molar-refractivity contribution in [2.24, 2.45) is 11.8 Å². The Morgan fingerprint density at radius 3 is 2.48 bits per heavy atom. The highest BCUT2D eigenvalue weighted by Crippen LogP contribution is 2.48. The van der Waals surface area contributed by atoms with Crippen molar-refractivity contribution in [3.05, 3.63) is 32.6 Å². The number of aromatic nitrogens is 2. The second kappa shape index (κ2) is 6.69. The number of aromatic amines is 1. The first-order valence-corrected chi connectivity index (χ1v) is 10.1. The van der Waals surface area contributed by atoms with Crippen molar-refractivity contribution in [3.63, 3.8) is 0 Å². The monoisotopic (exact) mass is 374 g/mol. The van der Waals surface area contributed by atoms with Gasteiger partial charge in [-0.3, -0.25) is 18.5 Å². The Labute approximate surface area is 147 Å². The van der Waals surface area contributed by atoms with Crippen LogP contribution in [0.15, 0.2) is 15.8 Å². The fourth-order valence-corrected chi connectivity index (χ4v) is 4.39. The molecule has 1 fully saturated rings. The van der Waals surface area contributed by atoms with E-state index in [0.717, 1.165) is 6.26 Å². The fraction of sp³-hybridized carbons (Fsp3) is 0.750. The van der Waals surface area contributed by atoms with Crippen LogP contribution < -0.4 is 11.2 Å². The second-order valence-electron chi connectivity index (χ2n) is 7.00. The quantitative estimate of drug-likeness (QED) is 0.775. The highest BCUT2D eigenvalue weighted by molar-refractivity contribution is 7.86. The lowest BCUT2D eigenvalue weighted by Gasteiger charge is -2.36. The van der Waals surface area contributed by atoms with E-state index < -0.39 is 39.3 Å². The first-order valence-electron chi connectivity index (χ1n) is 8.31. The van der Waals surface area contributed by atoms with E-state index in [0.29, 0.717) is 12.0 Å². The minimum atomic E-state index is -3.76. The standard InChI is InChI=1S/C16H26N2O6S/c1-7-16(9(2)3)11(5)12(24-25(6,21)22)14(23-16)18-8-10(4)13(19)17-15(18)20/h8-9,11-12,14H,7H2,1-6H3,(H,17,19,20)/t11-,12-,14+,16+/m0/s1. The Morgan fingerprint density at radius 1 is 1.40 bits per heavy atom. The minimum absolute atomic E-state index is 0.0720. The van der Waals surface area contributed by atoms with E-state index in [-0.39, 0.29) is 11.8 Å². The molecule has 1 aromatic heterocycles. The summed E-state index contributed by atoms with van der Waals surface area (Å²) in [5.41, 5.74) is -1.47. The van der Waals surface area contributed by atoms with Gasteiger partial charge >= 0.3 is 5.69 Å². The third-order valence-corrected chi connectivity index (χ3v) is 5.69. The summed E-state index contributed by atoms with van der Waals surface area (Å²) in [4.78, 5) is 26.1. The number of rotatable bonds is 5. The second-order valence-corrected chi connectivity index (χ2v) is 8.60. The van der Waals surface area contributed by atoms with Gasteiger partial charge < -0.3 is 4.74 Å². The number of hydrogen-bond donors (Lipinski definition) is 1. The minimum Gasteiger partial charge on any atom is -0.348 e. The van der Waals surface area contributed by atoms with Gasteiger partial charge in [-0.05, 0) is 19.3 Å². The van der Waals surface area contributed by atoms with Crippen LogP contribution in [-0.2, 0) is 19.0 Å². The van der Waals surface area contributed by atoms with Gasteiger partial charge in [-0.15, -0.1) is 0 Å². The van der Waals surface area contributed by atoms with Crippen molar-refractivity contribution in [1.29, 1.82) is 0 Å². The van der Waals surface area contributed by atoms with Gasteiger partial charge in [0.25, 0.3) is 15.7 Å². The van der Waals surface area contributed by atoms with Gasteiger partial charge in [0, 0.05) is 17.7 Å². The molecule has 0 spiro atoms. The van der Waals surface area contributed by atoms with Crippen molar-refractivity contribution in [3.8, 4) is 0 Å². The summed E-state index contributed by atoms with van der Waals surface area (Å²) in [6.07, 6.45) is 1.15. The predicted octanol–water partition coefficient (Wildman–Crippen LogP) is 1.16. The molecule has 0 bridgehead atoms. The molecule has 0 saturated carbocycles. The number of nitrogens with zero attached hydrogens (tertiary/aromatic N) is 1. The summed E-state index contributed by atoms with van der Waals surface area (Å²) in [5.74, 6) is -0.209. The van der Waals surface area contributed by atoms with E-state index in [9.17, 15) is 18.0 Å². The fourth-order valence-electron chi connectivity index (χ4n) is 3.72. The number of aryl methyl sites for hydroxylation is 1. The first-order chi connectivity index (χ1) is 11.4. The van der Waals surface area contributed by atoms with E-state index in [2.05, 4.69) is 4.98 Å². The molecule has 1 saturated heterocycles. The average molecular weight is 374 g/mol. The molecule has 0 unspecified atom stereocenters. The average Bonchev–Trinajstić information content (AvgIpc) is 2.75. The molecule has 8 nitrogen and oxygen atoms in total. The van der Waals surface area contributed by atoms with Crippen LogP contribution in [0.5, 0.6) is 0 Å². The van der Waals surface area contributed by atoms with Crippen LogP contribution >= 0.6 is 0 Å². The molecule has 0 amide bonds. The molecule has 2 rings (SSSR count). The van der Waals surface area contributed by atoms with Gasteiger partial charge in [-0.2, -0.15) is 8.42 Å². The Balaban J connectivity index is 2.62. The molecule has 1 aliphatic rings. The Hall–Kier alpha value is -1.45. The molecular weight excluding hydrogens is 348 g/mol. The zero-order chi connectivity index (χ0) is 19.2. The molecule has 9 heteroatoms. The van der Waals surface area contributed by atoms with Crippen LogP contribution in [0, 0.1) is 18.8 Å². The topological polar surface area (TPSA) is 107 Å². The number of ether oxygens (including phenoxy) is 1. The Kier molecular flexibility index (Phi) is 5.32. The highest BCUT2D eigenvalue weighted by atomic mass is 32.2. The summed E-state index contributed by atoms with van der Waals surface area (Å²) >= 11 is 0. The van der Waals surface area contributed by atoms with Crippen molar-refractivity contribution in [2.45, 2.75) is 59.0 Å². The van der Waals surface area contributed by atoms with E-state index in [4.69, 9.17) is 8.92 Å². The van der Waals surface area contributed by atoms with Crippen molar-refractivity contribution in [2.75, 3.05) is 6.26 Å². The Bertz CT molecular complexity index is 856. The molecule has 2 heterocycles. The molecule has 1 aromatic rings. The molecule has 25 heavy (non-hydrogen) atoms. The van der Waals surface area contributed by atoms with Gasteiger partial charge in [0.05, 0.1) is 11.9 Å². The predicted molar refractivity (Wildman–Crippen MR) is 92.9 cm³/mol. The summed E-state index contributed by atoms with van der Waals surface area (Å²) in [6.45, 7) is 9.36. The normalized spacial score (nSPS) is 30.1. The zero-order valence-electron chi connectivity index (χ0n) is 15.4. The first kappa shape index (κ1) is 19.9. The van der Waals surface area contributed by atoms with Gasteiger partial charge in [0.15, 0.2) is 6.23 Å². The molecule has 0 aliphatic carbocycles. The van der Waals surface area contributed by atoms with Crippen LogP contribution in [0.1, 0.15) is 45.9 Å².